The second-order valence-corrected chi connectivity index (χ2v) is 10.4. The van der Waals surface area contributed by atoms with Gasteiger partial charge >= 0.3 is 0 Å². The fourth-order valence-corrected chi connectivity index (χ4v) is 5.89. The Morgan fingerprint density at radius 2 is 1.79 bits per heavy atom. The quantitative estimate of drug-likeness (QED) is 0.679. The summed E-state index contributed by atoms with van der Waals surface area (Å²) in [6.07, 6.45) is 0.136. The van der Waals surface area contributed by atoms with Crippen LogP contribution in [0.4, 0.5) is 18.9 Å². The van der Waals surface area contributed by atoms with E-state index in [4.69, 9.17) is 0 Å². The summed E-state index contributed by atoms with van der Waals surface area (Å²) in [5, 5.41) is 2.04. The van der Waals surface area contributed by atoms with Crippen molar-refractivity contribution in [2.45, 2.75) is 17.4 Å². The largest absolute Gasteiger partial charge is 0.319 e. The van der Waals surface area contributed by atoms with Crippen molar-refractivity contribution in [1.29, 1.82) is 0 Å². The number of hydrogen-bond donors (Lipinski definition) is 2. The molecule has 1 atom stereocenters. The number of benzene rings is 2. The Bertz CT molecular complexity index is 1180. The summed E-state index contributed by atoms with van der Waals surface area (Å²) >= 11 is 0. The minimum Gasteiger partial charge on any atom is -0.319 e. The highest BCUT2D eigenvalue weighted by Gasteiger charge is 2.31. The summed E-state index contributed by atoms with van der Waals surface area (Å²) in [5.41, 5.74) is -0.799. The number of amides is 1. The Labute approximate surface area is 164 Å². The van der Waals surface area contributed by atoms with E-state index >= 15 is 0 Å². The number of sulfonamides is 1. The first-order valence-corrected chi connectivity index (χ1v) is 11.6. The highest BCUT2D eigenvalue weighted by atomic mass is 32.2. The zero-order valence-electron chi connectivity index (χ0n) is 14.7. The molecule has 2 aromatic carbocycles. The standard InChI is InChI=1S/C17H15F3N2O5S2/c18-13-4-5-14(16(20)15(13)19)21-17(23)10-2-1-3-12(8-10)29(26,27)22-11-6-7-28(24,25)9-11/h1-5,8,11,22H,6-7,9H2,(H,21,23). The maximum Gasteiger partial charge on any atom is 0.255 e. The van der Waals surface area contributed by atoms with Crippen LogP contribution in [0.25, 0.3) is 0 Å². The molecule has 1 aliphatic rings. The van der Waals surface area contributed by atoms with Crippen LogP contribution in [-0.4, -0.2) is 40.3 Å². The van der Waals surface area contributed by atoms with E-state index in [2.05, 4.69) is 4.72 Å². The van der Waals surface area contributed by atoms with Gasteiger partial charge in [-0.2, -0.15) is 0 Å². The van der Waals surface area contributed by atoms with E-state index in [1.165, 1.54) is 18.2 Å². The number of nitrogens with one attached hydrogen (secondary N) is 2. The van der Waals surface area contributed by atoms with Gasteiger partial charge in [0.1, 0.15) is 0 Å². The van der Waals surface area contributed by atoms with Crippen LogP contribution in [0.1, 0.15) is 16.8 Å². The van der Waals surface area contributed by atoms with E-state index in [-0.39, 0.29) is 28.4 Å². The van der Waals surface area contributed by atoms with E-state index in [1.54, 1.807) is 0 Å². The molecule has 12 heteroatoms. The third-order valence-electron chi connectivity index (χ3n) is 4.24. The fraction of sp³-hybridized carbons (Fsp3) is 0.235. The van der Waals surface area contributed by atoms with Crippen LogP contribution in [0, 0.1) is 17.5 Å². The van der Waals surface area contributed by atoms with E-state index in [9.17, 15) is 34.8 Å². The van der Waals surface area contributed by atoms with Crippen LogP contribution in [0.15, 0.2) is 41.3 Å². The lowest BCUT2D eigenvalue weighted by molar-refractivity contribution is 0.102. The molecule has 1 aliphatic heterocycles. The number of carbonyl (C=O) groups excluding carboxylic acids is 1. The molecule has 3 rings (SSSR count). The SMILES string of the molecule is O=C(Nc1ccc(F)c(F)c1F)c1cccc(S(=O)(=O)NC2CCS(=O)(=O)C2)c1. The van der Waals surface area contributed by atoms with Gasteiger partial charge in [0.05, 0.1) is 22.1 Å². The summed E-state index contributed by atoms with van der Waals surface area (Å²) in [5.74, 6) is -6.16. The van der Waals surface area contributed by atoms with E-state index in [0.717, 1.165) is 12.1 Å². The lowest BCUT2D eigenvalue weighted by atomic mass is 10.2. The molecule has 2 aromatic rings. The third kappa shape index (κ3) is 4.77. The monoisotopic (exact) mass is 448 g/mol. The van der Waals surface area contributed by atoms with Crippen LogP contribution in [0.5, 0.6) is 0 Å². The minimum atomic E-state index is -4.12. The molecule has 1 saturated heterocycles. The molecule has 0 radical (unpaired) electrons. The Kier molecular flexibility index (Phi) is 5.70. The Morgan fingerprint density at radius 1 is 1.07 bits per heavy atom. The molecular weight excluding hydrogens is 433 g/mol. The van der Waals surface area contributed by atoms with Crippen LogP contribution >= 0.6 is 0 Å². The first-order chi connectivity index (χ1) is 13.5. The molecule has 0 spiro atoms. The smallest absolute Gasteiger partial charge is 0.255 e. The van der Waals surface area contributed by atoms with Crippen molar-refractivity contribution in [3.63, 3.8) is 0 Å². The zero-order chi connectivity index (χ0) is 21.4. The molecule has 1 heterocycles. The molecule has 7 nitrogen and oxygen atoms in total. The van der Waals surface area contributed by atoms with Crippen molar-refractivity contribution in [2.75, 3.05) is 16.8 Å². The summed E-state index contributed by atoms with van der Waals surface area (Å²) in [4.78, 5) is 12.0. The van der Waals surface area contributed by atoms with E-state index in [1.807, 2.05) is 5.32 Å². The van der Waals surface area contributed by atoms with Gasteiger partial charge in [0.2, 0.25) is 10.0 Å². The summed E-state index contributed by atoms with van der Waals surface area (Å²) in [6.45, 7) is 0. The van der Waals surface area contributed by atoms with E-state index in [0.29, 0.717) is 6.07 Å². The molecule has 0 saturated carbocycles. The Balaban J connectivity index is 1.80. The van der Waals surface area contributed by atoms with E-state index < -0.39 is 54.9 Å². The maximum atomic E-state index is 13.7. The van der Waals surface area contributed by atoms with Crippen LogP contribution in [0.3, 0.4) is 0 Å². The highest BCUT2D eigenvalue weighted by Crippen LogP contribution is 2.21. The number of anilines is 1. The predicted molar refractivity (Wildman–Crippen MR) is 98.1 cm³/mol. The normalized spacial score (nSPS) is 18.5. The molecule has 1 amide bonds. The van der Waals surface area contributed by atoms with Crippen molar-refractivity contribution in [1.82, 2.24) is 4.72 Å². The van der Waals surface area contributed by atoms with Crippen LogP contribution in [0.2, 0.25) is 0 Å². The molecule has 2 N–H and O–H groups in total. The Morgan fingerprint density at radius 3 is 2.45 bits per heavy atom. The molecule has 1 unspecified atom stereocenters. The summed E-state index contributed by atoms with van der Waals surface area (Å²) in [7, 11) is -7.42. The van der Waals surface area contributed by atoms with Crippen molar-refractivity contribution >= 4 is 31.5 Å². The zero-order valence-corrected chi connectivity index (χ0v) is 16.3. The van der Waals surface area contributed by atoms with Gasteiger partial charge in [-0.3, -0.25) is 4.79 Å². The third-order valence-corrected chi connectivity index (χ3v) is 7.53. The van der Waals surface area contributed by atoms with Crippen molar-refractivity contribution < 1.29 is 34.8 Å². The second kappa shape index (κ2) is 7.76. The summed E-state index contributed by atoms with van der Waals surface area (Å²) < 4.78 is 90.2. The van der Waals surface area contributed by atoms with Gasteiger partial charge in [-0.15, -0.1) is 0 Å². The van der Waals surface area contributed by atoms with Gasteiger partial charge in [0.15, 0.2) is 27.3 Å². The predicted octanol–water partition coefficient (Wildman–Crippen LogP) is 1.82. The van der Waals surface area contributed by atoms with Crippen LogP contribution in [-0.2, 0) is 19.9 Å². The number of halogens is 3. The van der Waals surface area contributed by atoms with Crippen LogP contribution < -0.4 is 10.0 Å². The molecule has 156 valence electrons. The number of carbonyl (C=O) groups is 1. The van der Waals surface area contributed by atoms with Crippen molar-refractivity contribution in [2.24, 2.45) is 0 Å². The maximum absolute atomic E-state index is 13.7. The molecule has 0 aromatic heterocycles. The topological polar surface area (TPSA) is 109 Å². The molecular formula is C17H15F3N2O5S2. The summed E-state index contributed by atoms with van der Waals surface area (Å²) in [6, 6.07) is 5.38. The number of hydrogen-bond acceptors (Lipinski definition) is 5. The highest BCUT2D eigenvalue weighted by molar-refractivity contribution is 7.92. The first-order valence-electron chi connectivity index (χ1n) is 8.26. The molecule has 29 heavy (non-hydrogen) atoms. The van der Waals surface area contributed by atoms with Gasteiger partial charge < -0.3 is 5.32 Å². The number of rotatable bonds is 5. The van der Waals surface area contributed by atoms with Gasteiger partial charge in [-0.1, -0.05) is 6.07 Å². The first kappa shape index (κ1) is 21.3. The van der Waals surface area contributed by atoms with Gasteiger partial charge in [0, 0.05) is 11.6 Å². The molecule has 0 aliphatic carbocycles. The van der Waals surface area contributed by atoms with Gasteiger partial charge in [0.25, 0.3) is 5.91 Å². The lowest BCUT2D eigenvalue weighted by Gasteiger charge is -2.13. The number of sulfone groups is 1. The second-order valence-electron chi connectivity index (χ2n) is 6.43. The Hall–Kier alpha value is -2.44. The molecule has 1 fully saturated rings. The van der Waals surface area contributed by atoms with Crippen molar-refractivity contribution in [3.05, 3.63) is 59.4 Å². The fourth-order valence-electron chi connectivity index (χ4n) is 2.80. The lowest BCUT2D eigenvalue weighted by Crippen LogP contribution is -2.35. The minimum absolute atomic E-state index is 0.123. The van der Waals surface area contributed by atoms with Crippen molar-refractivity contribution in [3.8, 4) is 0 Å². The van der Waals surface area contributed by atoms with Gasteiger partial charge in [-0.05, 0) is 36.8 Å². The average Bonchev–Trinajstić information content (AvgIpc) is 3.00. The van der Waals surface area contributed by atoms with Gasteiger partial charge in [-0.25, -0.2) is 34.7 Å². The average molecular weight is 448 g/mol. The molecule has 0 bridgehead atoms.